The molecule has 3 rings (SSSR count). The maximum atomic E-state index is 9.47. The summed E-state index contributed by atoms with van der Waals surface area (Å²) in [6.45, 7) is 1.28. The molecule has 0 spiro atoms. The van der Waals surface area contributed by atoms with E-state index < -0.39 is 0 Å². The molecule has 0 amide bonds. The minimum atomic E-state index is 0.313. The Bertz CT molecular complexity index is 320. The van der Waals surface area contributed by atoms with Crippen LogP contribution in [0.2, 0.25) is 0 Å². The molecular weight excluding hydrogens is 220 g/mol. The normalized spacial score (nSPS) is 41.9. The van der Waals surface area contributed by atoms with Crippen molar-refractivity contribution >= 4 is 0 Å². The molecule has 1 saturated heterocycles. The summed E-state index contributed by atoms with van der Waals surface area (Å²) in [6.07, 6.45) is 13.5. The molecule has 2 heteroatoms. The van der Waals surface area contributed by atoms with Gasteiger partial charge >= 0.3 is 0 Å². The number of rotatable bonds is 1. The maximum absolute atomic E-state index is 9.47. The number of nitriles is 1. The second-order valence-electron chi connectivity index (χ2n) is 6.58. The Morgan fingerprint density at radius 1 is 0.778 bits per heavy atom. The van der Waals surface area contributed by atoms with Gasteiger partial charge in [-0.05, 0) is 44.6 Å². The minimum Gasteiger partial charge on any atom is -0.296 e. The molecule has 1 heterocycles. The fourth-order valence-corrected chi connectivity index (χ4v) is 4.69. The molecule has 0 aromatic carbocycles. The van der Waals surface area contributed by atoms with E-state index >= 15 is 0 Å². The summed E-state index contributed by atoms with van der Waals surface area (Å²) in [6, 6.07) is 4.04. The Labute approximate surface area is 111 Å². The van der Waals surface area contributed by atoms with Crippen LogP contribution in [-0.2, 0) is 0 Å². The van der Waals surface area contributed by atoms with Crippen molar-refractivity contribution in [1.82, 2.24) is 4.90 Å². The van der Waals surface area contributed by atoms with Crippen molar-refractivity contribution in [2.24, 2.45) is 11.8 Å². The lowest BCUT2D eigenvalue weighted by molar-refractivity contribution is 0.104. The Kier molecular flexibility index (Phi) is 3.89. The minimum absolute atomic E-state index is 0.313. The Morgan fingerprint density at radius 3 is 2.39 bits per heavy atom. The third-order valence-electron chi connectivity index (χ3n) is 5.62. The summed E-state index contributed by atoms with van der Waals surface area (Å²) < 4.78 is 0. The fourth-order valence-electron chi connectivity index (χ4n) is 4.69. The molecule has 4 unspecified atom stereocenters. The number of hydrogen-bond donors (Lipinski definition) is 0. The summed E-state index contributed by atoms with van der Waals surface area (Å²) in [7, 11) is 0. The van der Waals surface area contributed by atoms with E-state index in [4.69, 9.17) is 0 Å². The van der Waals surface area contributed by atoms with E-state index in [9.17, 15) is 5.26 Å². The highest BCUT2D eigenvalue weighted by Gasteiger charge is 2.41. The van der Waals surface area contributed by atoms with Gasteiger partial charge in [-0.15, -0.1) is 0 Å². The molecule has 4 atom stereocenters. The standard InChI is InChI=1S/C16H26N2/c17-12-14-7-2-1-3-8-16(14)18-11-10-13-6-4-5-9-15(13)18/h13-16H,1-11H2. The largest absolute Gasteiger partial charge is 0.296 e. The molecule has 18 heavy (non-hydrogen) atoms. The predicted octanol–water partition coefficient (Wildman–Crippen LogP) is 3.72. The highest BCUT2D eigenvalue weighted by Crippen LogP contribution is 2.40. The lowest BCUT2D eigenvalue weighted by Gasteiger charge is -2.38. The highest BCUT2D eigenvalue weighted by atomic mass is 15.2. The molecule has 0 radical (unpaired) electrons. The van der Waals surface area contributed by atoms with Gasteiger partial charge in [0.05, 0.1) is 12.0 Å². The van der Waals surface area contributed by atoms with Crippen LogP contribution in [0.4, 0.5) is 0 Å². The van der Waals surface area contributed by atoms with E-state index in [0.29, 0.717) is 12.0 Å². The van der Waals surface area contributed by atoms with Gasteiger partial charge in [-0.2, -0.15) is 5.26 Å². The van der Waals surface area contributed by atoms with Crippen LogP contribution >= 0.6 is 0 Å². The van der Waals surface area contributed by atoms with Gasteiger partial charge in [-0.3, -0.25) is 4.90 Å². The molecule has 0 N–H and O–H groups in total. The van der Waals surface area contributed by atoms with Crippen LogP contribution in [0.15, 0.2) is 0 Å². The molecule has 0 bridgehead atoms. The summed E-state index contributed by atoms with van der Waals surface area (Å²) in [4.78, 5) is 2.77. The van der Waals surface area contributed by atoms with Crippen molar-refractivity contribution in [2.75, 3.05) is 6.54 Å². The third kappa shape index (κ3) is 2.30. The first-order valence-electron chi connectivity index (χ1n) is 8.05. The molecule has 3 aliphatic rings. The number of hydrogen-bond acceptors (Lipinski definition) is 2. The van der Waals surface area contributed by atoms with Crippen molar-refractivity contribution in [3.63, 3.8) is 0 Å². The molecule has 2 aliphatic carbocycles. The number of likely N-dealkylation sites (tertiary alicyclic amines) is 1. The van der Waals surface area contributed by atoms with Crippen LogP contribution in [0, 0.1) is 23.2 Å². The van der Waals surface area contributed by atoms with Gasteiger partial charge in [0.1, 0.15) is 0 Å². The fraction of sp³-hybridized carbons (Fsp3) is 0.938. The molecular formula is C16H26N2. The number of nitrogens with zero attached hydrogens (tertiary/aromatic N) is 2. The molecule has 100 valence electrons. The highest BCUT2D eigenvalue weighted by molar-refractivity contribution is 5.00. The zero-order valence-electron chi connectivity index (χ0n) is 11.5. The van der Waals surface area contributed by atoms with Crippen molar-refractivity contribution in [3.05, 3.63) is 0 Å². The first-order valence-corrected chi connectivity index (χ1v) is 8.05. The Hall–Kier alpha value is -0.550. The quantitative estimate of drug-likeness (QED) is 0.659. The summed E-state index contributed by atoms with van der Waals surface area (Å²) in [5.41, 5.74) is 0. The van der Waals surface area contributed by atoms with Crippen LogP contribution in [0.25, 0.3) is 0 Å². The average molecular weight is 246 g/mol. The molecule has 1 aliphatic heterocycles. The molecule has 2 saturated carbocycles. The molecule has 0 aromatic heterocycles. The van der Waals surface area contributed by atoms with Crippen LogP contribution in [-0.4, -0.2) is 23.5 Å². The SMILES string of the molecule is N#CC1CCCCCC1N1CCC2CCCCC21. The first kappa shape index (κ1) is 12.5. The number of fused-ring (bicyclic) bond motifs is 1. The van der Waals surface area contributed by atoms with Gasteiger partial charge in [-0.1, -0.05) is 32.1 Å². The van der Waals surface area contributed by atoms with E-state index in [1.807, 2.05) is 0 Å². The Balaban J connectivity index is 1.73. The van der Waals surface area contributed by atoms with E-state index in [1.54, 1.807) is 0 Å². The summed E-state index contributed by atoms with van der Waals surface area (Å²) in [5.74, 6) is 1.27. The zero-order valence-corrected chi connectivity index (χ0v) is 11.5. The van der Waals surface area contributed by atoms with Crippen LogP contribution in [0.5, 0.6) is 0 Å². The third-order valence-corrected chi connectivity index (χ3v) is 5.62. The van der Waals surface area contributed by atoms with Gasteiger partial charge in [0.15, 0.2) is 0 Å². The van der Waals surface area contributed by atoms with Crippen molar-refractivity contribution in [3.8, 4) is 6.07 Å². The van der Waals surface area contributed by atoms with Crippen LogP contribution < -0.4 is 0 Å². The van der Waals surface area contributed by atoms with Crippen molar-refractivity contribution < 1.29 is 0 Å². The van der Waals surface area contributed by atoms with Crippen molar-refractivity contribution in [2.45, 2.75) is 76.3 Å². The van der Waals surface area contributed by atoms with Gasteiger partial charge in [0, 0.05) is 12.1 Å². The smallest absolute Gasteiger partial charge is 0.0672 e. The van der Waals surface area contributed by atoms with Gasteiger partial charge < -0.3 is 0 Å². The second-order valence-corrected chi connectivity index (χ2v) is 6.58. The lowest BCUT2D eigenvalue weighted by Crippen LogP contribution is -2.45. The second kappa shape index (κ2) is 5.61. The van der Waals surface area contributed by atoms with E-state index in [1.165, 1.54) is 64.3 Å². The zero-order chi connectivity index (χ0) is 12.4. The van der Waals surface area contributed by atoms with Crippen molar-refractivity contribution in [1.29, 1.82) is 5.26 Å². The summed E-state index contributed by atoms with van der Waals surface area (Å²) >= 11 is 0. The van der Waals surface area contributed by atoms with Crippen LogP contribution in [0.1, 0.15) is 64.2 Å². The molecule has 2 nitrogen and oxygen atoms in total. The van der Waals surface area contributed by atoms with Crippen LogP contribution in [0.3, 0.4) is 0 Å². The predicted molar refractivity (Wildman–Crippen MR) is 73.0 cm³/mol. The first-order chi connectivity index (χ1) is 8.90. The molecule has 3 fully saturated rings. The summed E-state index contributed by atoms with van der Waals surface area (Å²) in [5, 5.41) is 9.47. The van der Waals surface area contributed by atoms with E-state index in [-0.39, 0.29) is 0 Å². The molecule has 0 aromatic rings. The average Bonchev–Trinajstić information content (AvgIpc) is 2.69. The topological polar surface area (TPSA) is 27.0 Å². The van der Waals surface area contributed by atoms with E-state index in [2.05, 4.69) is 11.0 Å². The Morgan fingerprint density at radius 2 is 1.50 bits per heavy atom. The van der Waals surface area contributed by atoms with Gasteiger partial charge in [0.2, 0.25) is 0 Å². The van der Waals surface area contributed by atoms with E-state index in [0.717, 1.165) is 18.4 Å². The van der Waals surface area contributed by atoms with Gasteiger partial charge in [-0.25, -0.2) is 0 Å². The maximum Gasteiger partial charge on any atom is 0.0672 e. The lowest BCUT2D eigenvalue weighted by atomic mass is 9.84. The monoisotopic (exact) mass is 246 g/mol. The van der Waals surface area contributed by atoms with Gasteiger partial charge in [0.25, 0.3) is 0 Å².